The van der Waals surface area contributed by atoms with Crippen molar-refractivity contribution >= 4 is 39.0 Å². The van der Waals surface area contributed by atoms with Gasteiger partial charge in [-0.3, -0.25) is 0 Å². The largest absolute Gasteiger partial charge is 0.315 e. The predicted molar refractivity (Wildman–Crippen MR) is 69.9 cm³/mol. The van der Waals surface area contributed by atoms with Gasteiger partial charge in [0.05, 0.1) is 12.2 Å². The third kappa shape index (κ3) is 1.11. The van der Waals surface area contributed by atoms with Crippen LogP contribution < -0.4 is 4.90 Å². The van der Waals surface area contributed by atoms with E-state index in [2.05, 4.69) is 40.6 Å². The van der Waals surface area contributed by atoms with Gasteiger partial charge in [-0.2, -0.15) is 0 Å². The topological polar surface area (TPSA) is 15.6 Å². The molecule has 1 aromatic carbocycles. The van der Waals surface area contributed by atoms with E-state index < -0.39 is 0 Å². The lowest BCUT2D eigenvalue weighted by molar-refractivity contribution is 0.997. The minimum absolute atomic E-state index is 0.960. The van der Waals surface area contributed by atoms with Crippen LogP contribution in [-0.4, -0.2) is 5.17 Å². The number of aliphatic imine (C=N–C) groups is 1. The van der Waals surface area contributed by atoms with Crippen molar-refractivity contribution < 1.29 is 0 Å². The number of fused-ring (bicyclic) bond motifs is 4. The molecule has 2 aliphatic heterocycles. The highest BCUT2D eigenvalue weighted by molar-refractivity contribution is 8.14. The number of hydrogen-bond donors (Lipinski definition) is 0. The van der Waals surface area contributed by atoms with Crippen LogP contribution in [0.5, 0.6) is 0 Å². The van der Waals surface area contributed by atoms with Crippen LogP contribution in [0.1, 0.15) is 5.56 Å². The van der Waals surface area contributed by atoms with Gasteiger partial charge in [-0.1, -0.05) is 12.1 Å². The monoisotopic (exact) mass is 244 g/mol. The number of benzene rings is 1. The molecule has 0 saturated carbocycles. The Labute approximate surface area is 102 Å². The molecule has 16 heavy (non-hydrogen) atoms. The number of amidine groups is 1. The number of nitrogens with zero attached hydrogens (tertiary/aromatic N) is 2. The molecule has 0 spiro atoms. The zero-order valence-corrected chi connectivity index (χ0v) is 10.0. The normalized spacial score (nSPS) is 16.5. The maximum Gasteiger partial charge on any atom is 0.175 e. The molecule has 0 fully saturated rings. The lowest BCUT2D eigenvalue weighted by Gasteiger charge is -2.22. The first-order valence-corrected chi connectivity index (χ1v) is 6.81. The summed E-state index contributed by atoms with van der Waals surface area (Å²) < 4.78 is 0. The van der Waals surface area contributed by atoms with E-state index in [1.54, 1.807) is 23.1 Å². The van der Waals surface area contributed by atoms with Crippen LogP contribution in [0.15, 0.2) is 45.6 Å². The fourth-order valence-corrected chi connectivity index (χ4v) is 3.94. The van der Waals surface area contributed by atoms with Crippen molar-refractivity contribution in [2.24, 2.45) is 4.99 Å². The molecule has 0 atom stereocenters. The minimum Gasteiger partial charge on any atom is -0.315 e. The summed E-state index contributed by atoms with van der Waals surface area (Å²) in [6.45, 7) is 0.960. The number of para-hydroxylation sites is 1. The minimum atomic E-state index is 0.960. The molecule has 3 heterocycles. The molecule has 1 aromatic heterocycles. The fourth-order valence-electron chi connectivity index (χ4n) is 2.06. The molecule has 0 unspecified atom stereocenters. The first-order chi connectivity index (χ1) is 7.92. The summed E-state index contributed by atoms with van der Waals surface area (Å²) in [7, 11) is 0. The highest BCUT2D eigenvalue weighted by atomic mass is 32.2. The first kappa shape index (κ1) is 8.84. The maximum absolute atomic E-state index is 4.71. The highest BCUT2D eigenvalue weighted by Crippen LogP contribution is 2.45. The van der Waals surface area contributed by atoms with Gasteiger partial charge in [0, 0.05) is 10.5 Å². The Kier molecular flexibility index (Phi) is 1.72. The number of thioether (sulfide) groups is 1. The van der Waals surface area contributed by atoms with E-state index in [1.165, 1.54) is 21.1 Å². The van der Waals surface area contributed by atoms with Gasteiger partial charge in [-0.15, -0.1) is 11.3 Å². The van der Waals surface area contributed by atoms with Crippen molar-refractivity contribution in [2.45, 2.75) is 11.4 Å². The standard InChI is InChI=1S/C12H8N2S2/c1-2-4-10-9(3-1)14-7-8-5-6-15-11(8)13-12(14)16-10/h1-6H,7H2. The Bertz CT molecular complexity index is 601. The average molecular weight is 244 g/mol. The summed E-state index contributed by atoms with van der Waals surface area (Å²) in [6, 6.07) is 10.7. The van der Waals surface area contributed by atoms with E-state index in [0.29, 0.717) is 0 Å². The van der Waals surface area contributed by atoms with Crippen molar-refractivity contribution in [1.29, 1.82) is 0 Å². The molecule has 2 aliphatic rings. The quantitative estimate of drug-likeness (QED) is 0.699. The summed E-state index contributed by atoms with van der Waals surface area (Å²) in [4.78, 5) is 8.32. The smallest absolute Gasteiger partial charge is 0.175 e. The van der Waals surface area contributed by atoms with Gasteiger partial charge in [-0.25, -0.2) is 4.99 Å². The van der Waals surface area contributed by atoms with Gasteiger partial charge in [0.25, 0.3) is 0 Å². The maximum atomic E-state index is 4.71. The molecule has 0 radical (unpaired) electrons. The third-order valence-electron chi connectivity index (χ3n) is 2.84. The van der Waals surface area contributed by atoms with E-state index in [0.717, 1.165) is 11.7 Å². The SMILES string of the molecule is c1ccc2c(c1)SC1=Nc3sccc3CN12. The van der Waals surface area contributed by atoms with E-state index >= 15 is 0 Å². The van der Waals surface area contributed by atoms with Crippen LogP contribution in [0, 0.1) is 0 Å². The van der Waals surface area contributed by atoms with Gasteiger partial charge in [0.2, 0.25) is 0 Å². The predicted octanol–water partition coefficient (Wildman–Crippen LogP) is 3.86. The average Bonchev–Trinajstić information content (AvgIpc) is 2.88. The molecular weight excluding hydrogens is 236 g/mol. The molecule has 4 rings (SSSR count). The Hall–Kier alpha value is -1.26. The second-order valence-electron chi connectivity index (χ2n) is 3.80. The van der Waals surface area contributed by atoms with Gasteiger partial charge < -0.3 is 4.90 Å². The Morgan fingerprint density at radius 3 is 3.12 bits per heavy atom. The second-order valence-corrected chi connectivity index (χ2v) is 5.70. The van der Waals surface area contributed by atoms with Gasteiger partial charge in [-0.05, 0) is 35.3 Å². The second kappa shape index (κ2) is 3.12. The van der Waals surface area contributed by atoms with Crippen molar-refractivity contribution in [3.63, 3.8) is 0 Å². The molecule has 2 nitrogen and oxygen atoms in total. The zero-order chi connectivity index (χ0) is 10.5. The summed E-state index contributed by atoms with van der Waals surface area (Å²) in [5.74, 6) is 0. The molecule has 78 valence electrons. The van der Waals surface area contributed by atoms with Crippen LogP contribution in [-0.2, 0) is 6.54 Å². The molecule has 4 heteroatoms. The molecule has 0 bridgehead atoms. The molecule has 0 amide bonds. The fraction of sp³-hybridized carbons (Fsp3) is 0.0833. The Balaban J connectivity index is 1.89. The lowest BCUT2D eigenvalue weighted by atomic mass is 10.2. The number of thiophene rings is 1. The molecule has 0 saturated heterocycles. The highest BCUT2D eigenvalue weighted by Gasteiger charge is 2.30. The van der Waals surface area contributed by atoms with E-state index in [4.69, 9.17) is 4.99 Å². The summed E-state index contributed by atoms with van der Waals surface area (Å²) >= 11 is 3.50. The van der Waals surface area contributed by atoms with Crippen molar-refractivity contribution in [1.82, 2.24) is 0 Å². The summed E-state index contributed by atoms with van der Waals surface area (Å²) in [5.41, 5.74) is 2.63. The van der Waals surface area contributed by atoms with Crippen LogP contribution in [0.2, 0.25) is 0 Å². The van der Waals surface area contributed by atoms with Gasteiger partial charge in [0.15, 0.2) is 5.17 Å². The Morgan fingerprint density at radius 1 is 1.19 bits per heavy atom. The van der Waals surface area contributed by atoms with E-state index in [1.807, 2.05) is 0 Å². The first-order valence-electron chi connectivity index (χ1n) is 5.11. The summed E-state index contributed by atoms with van der Waals surface area (Å²) in [5, 5.41) is 4.41. The molecule has 2 aromatic rings. The van der Waals surface area contributed by atoms with Crippen LogP contribution in [0.3, 0.4) is 0 Å². The van der Waals surface area contributed by atoms with Crippen LogP contribution >= 0.6 is 23.1 Å². The lowest BCUT2D eigenvalue weighted by Crippen LogP contribution is -2.26. The Morgan fingerprint density at radius 2 is 2.12 bits per heavy atom. The van der Waals surface area contributed by atoms with Gasteiger partial charge >= 0.3 is 0 Å². The number of rotatable bonds is 0. The van der Waals surface area contributed by atoms with E-state index in [-0.39, 0.29) is 0 Å². The molecule has 0 aliphatic carbocycles. The molecular formula is C12H8N2S2. The summed E-state index contributed by atoms with van der Waals surface area (Å²) in [6.07, 6.45) is 0. The molecule has 0 N–H and O–H groups in total. The van der Waals surface area contributed by atoms with Crippen molar-refractivity contribution in [3.8, 4) is 0 Å². The number of anilines is 1. The van der Waals surface area contributed by atoms with Gasteiger partial charge in [0.1, 0.15) is 5.00 Å². The van der Waals surface area contributed by atoms with Crippen LogP contribution in [0.25, 0.3) is 0 Å². The van der Waals surface area contributed by atoms with Crippen molar-refractivity contribution in [2.75, 3.05) is 4.90 Å². The van der Waals surface area contributed by atoms with Crippen LogP contribution in [0.4, 0.5) is 10.7 Å². The number of hydrogen-bond acceptors (Lipinski definition) is 4. The zero-order valence-electron chi connectivity index (χ0n) is 8.38. The third-order valence-corrected chi connectivity index (χ3v) is 4.75. The van der Waals surface area contributed by atoms with Crippen molar-refractivity contribution in [3.05, 3.63) is 41.3 Å². The van der Waals surface area contributed by atoms with E-state index in [9.17, 15) is 0 Å².